The van der Waals surface area contributed by atoms with Crippen LogP contribution in [0, 0.1) is 13.8 Å². The van der Waals surface area contributed by atoms with E-state index in [1.54, 1.807) is 0 Å². The van der Waals surface area contributed by atoms with Crippen LogP contribution in [-0.4, -0.2) is 22.3 Å². The van der Waals surface area contributed by atoms with Gasteiger partial charge in [0.05, 0.1) is 16.8 Å². The van der Waals surface area contributed by atoms with Crippen LogP contribution in [0.1, 0.15) is 32.6 Å². The molecule has 5 rings (SSSR count). The standard InChI is InChI=1S/C27H24N2O/c1-18-11-12-19(2)23(15-18)26-16-24(22-9-5-6-10-25(22)28-26)27(30)29-14-13-20-7-3-4-8-21(20)17-29/h3-12,15-16H,13-14,17H2,1-2H3. The molecule has 1 amide bonds. The fourth-order valence-electron chi connectivity index (χ4n) is 4.34. The third kappa shape index (κ3) is 3.26. The normalized spacial score (nSPS) is 13.3. The lowest BCUT2D eigenvalue weighted by Crippen LogP contribution is -2.36. The minimum atomic E-state index is 0.0784. The SMILES string of the molecule is Cc1ccc(C)c(-c2cc(C(=O)N3CCc4ccccc4C3)c3ccccc3n2)c1. The largest absolute Gasteiger partial charge is 0.334 e. The van der Waals surface area contributed by atoms with Crippen molar-refractivity contribution < 1.29 is 4.79 Å². The first-order valence-corrected chi connectivity index (χ1v) is 10.4. The molecule has 3 aromatic carbocycles. The molecule has 0 spiro atoms. The molecule has 0 saturated carbocycles. The molecule has 0 aliphatic carbocycles. The zero-order valence-electron chi connectivity index (χ0n) is 17.4. The number of aromatic nitrogens is 1. The Labute approximate surface area is 177 Å². The highest BCUT2D eigenvalue weighted by Gasteiger charge is 2.24. The van der Waals surface area contributed by atoms with Gasteiger partial charge in [0.15, 0.2) is 0 Å². The molecule has 1 aliphatic rings. The van der Waals surface area contributed by atoms with Gasteiger partial charge >= 0.3 is 0 Å². The summed E-state index contributed by atoms with van der Waals surface area (Å²) < 4.78 is 0. The van der Waals surface area contributed by atoms with Crippen molar-refractivity contribution in [2.24, 2.45) is 0 Å². The molecular formula is C27H24N2O. The van der Waals surface area contributed by atoms with Crippen molar-refractivity contribution in [2.45, 2.75) is 26.8 Å². The van der Waals surface area contributed by atoms with Gasteiger partial charge in [-0.25, -0.2) is 4.98 Å². The van der Waals surface area contributed by atoms with Crippen molar-refractivity contribution in [3.63, 3.8) is 0 Å². The van der Waals surface area contributed by atoms with E-state index in [4.69, 9.17) is 4.98 Å². The van der Waals surface area contributed by atoms with Crippen LogP contribution in [0.25, 0.3) is 22.2 Å². The molecule has 0 bridgehead atoms. The number of benzene rings is 3. The molecule has 3 heteroatoms. The molecule has 0 radical (unpaired) electrons. The third-order valence-corrected chi connectivity index (χ3v) is 6.03. The van der Waals surface area contributed by atoms with Crippen LogP contribution in [0.3, 0.4) is 0 Å². The highest BCUT2D eigenvalue weighted by atomic mass is 16.2. The molecule has 0 saturated heterocycles. The predicted octanol–water partition coefficient (Wildman–Crippen LogP) is 5.72. The predicted molar refractivity (Wildman–Crippen MR) is 122 cm³/mol. The molecule has 0 fully saturated rings. The summed E-state index contributed by atoms with van der Waals surface area (Å²) in [7, 11) is 0. The second-order valence-electron chi connectivity index (χ2n) is 8.14. The molecule has 1 aliphatic heterocycles. The maximum absolute atomic E-state index is 13.7. The Morgan fingerprint density at radius 1 is 0.900 bits per heavy atom. The number of aryl methyl sites for hydroxylation is 2. The zero-order chi connectivity index (χ0) is 20.7. The lowest BCUT2D eigenvalue weighted by atomic mass is 9.97. The molecule has 4 aromatic rings. The maximum Gasteiger partial charge on any atom is 0.254 e. The zero-order valence-corrected chi connectivity index (χ0v) is 17.4. The van der Waals surface area contributed by atoms with E-state index in [-0.39, 0.29) is 5.91 Å². The number of para-hydroxylation sites is 1. The van der Waals surface area contributed by atoms with Crippen LogP contribution < -0.4 is 0 Å². The van der Waals surface area contributed by atoms with Crippen molar-refractivity contribution in [3.8, 4) is 11.3 Å². The fourth-order valence-corrected chi connectivity index (χ4v) is 4.34. The van der Waals surface area contributed by atoms with Gasteiger partial charge in [-0.05, 0) is 55.2 Å². The van der Waals surface area contributed by atoms with Crippen LogP contribution in [0.2, 0.25) is 0 Å². The Hall–Kier alpha value is -3.46. The van der Waals surface area contributed by atoms with Crippen LogP contribution >= 0.6 is 0 Å². The average molecular weight is 393 g/mol. The molecule has 0 atom stereocenters. The van der Waals surface area contributed by atoms with Crippen LogP contribution in [-0.2, 0) is 13.0 Å². The molecular weight excluding hydrogens is 368 g/mol. The minimum absolute atomic E-state index is 0.0784. The van der Waals surface area contributed by atoms with Gasteiger partial charge in [-0.1, -0.05) is 60.2 Å². The third-order valence-electron chi connectivity index (χ3n) is 6.03. The van der Waals surface area contributed by atoms with Gasteiger partial charge in [0.2, 0.25) is 0 Å². The smallest absolute Gasteiger partial charge is 0.254 e. The molecule has 1 aromatic heterocycles. The van der Waals surface area contributed by atoms with Gasteiger partial charge in [-0.2, -0.15) is 0 Å². The summed E-state index contributed by atoms with van der Waals surface area (Å²) in [6, 6.07) is 24.7. The summed E-state index contributed by atoms with van der Waals surface area (Å²) in [4.78, 5) is 20.5. The van der Waals surface area contributed by atoms with Gasteiger partial charge in [0.1, 0.15) is 0 Å². The highest BCUT2D eigenvalue weighted by molar-refractivity contribution is 6.07. The Kier molecular flexibility index (Phi) is 4.59. The topological polar surface area (TPSA) is 33.2 Å². The van der Waals surface area contributed by atoms with Crippen molar-refractivity contribution in [1.82, 2.24) is 9.88 Å². The Morgan fingerprint density at radius 3 is 2.53 bits per heavy atom. The van der Waals surface area contributed by atoms with Gasteiger partial charge in [0.25, 0.3) is 5.91 Å². The number of nitrogens with zero attached hydrogens (tertiary/aromatic N) is 2. The summed E-state index contributed by atoms with van der Waals surface area (Å²) >= 11 is 0. The summed E-state index contributed by atoms with van der Waals surface area (Å²) in [6.45, 7) is 5.58. The number of pyridine rings is 1. The van der Waals surface area contributed by atoms with Crippen LogP contribution in [0.5, 0.6) is 0 Å². The molecule has 2 heterocycles. The number of carbonyl (C=O) groups excluding carboxylic acids is 1. The Bertz CT molecular complexity index is 1280. The van der Waals surface area contributed by atoms with Crippen molar-refractivity contribution in [2.75, 3.05) is 6.54 Å². The number of hydrogen-bond acceptors (Lipinski definition) is 2. The number of amides is 1. The Balaban J connectivity index is 1.62. The van der Waals surface area contributed by atoms with E-state index in [9.17, 15) is 4.79 Å². The quantitative estimate of drug-likeness (QED) is 0.437. The maximum atomic E-state index is 13.7. The number of hydrogen-bond donors (Lipinski definition) is 0. The number of carbonyl (C=O) groups is 1. The van der Waals surface area contributed by atoms with E-state index in [0.29, 0.717) is 6.54 Å². The van der Waals surface area contributed by atoms with E-state index < -0.39 is 0 Å². The van der Waals surface area contributed by atoms with Crippen LogP contribution in [0.4, 0.5) is 0 Å². The first-order chi connectivity index (χ1) is 14.6. The Morgan fingerprint density at radius 2 is 1.67 bits per heavy atom. The summed E-state index contributed by atoms with van der Waals surface area (Å²) in [5.41, 5.74) is 8.46. The average Bonchev–Trinajstić information content (AvgIpc) is 2.79. The lowest BCUT2D eigenvalue weighted by molar-refractivity contribution is 0.0736. The van der Waals surface area contributed by atoms with Crippen LogP contribution in [0.15, 0.2) is 72.8 Å². The lowest BCUT2D eigenvalue weighted by Gasteiger charge is -2.29. The van der Waals surface area contributed by atoms with Gasteiger partial charge in [-0.3, -0.25) is 4.79 Å². The van der Waals surface area contributed by atoms with Gasteiger partial charge in [0, 0.05) is 24.0 Å². The molecule has 0 N–H and O–H groups in total. The minimum Gasteiger partial charge on any atom is -0.334 e. The summed E-state index contributed by atoms with van der Waals surface area (Å²) in [6.07, 6.45) is 0.898. The molecule has 148 valence electrons. The summed E-state index contributed by atoms with van der Waals surface area (Å²) in [5, 5.41) is 0.912. The first kappa shape index (κ1) is 18.6. The molecule has 3 nitrogen and oxygen atoms in total. The second kappa shape index (κ2) is 7.42. The number of fused-ring (bicyclic) bond motifs is 2. The van der Waals surface area contributed by atoms with E-state index in [1.807, 2.05) is 41.3 Å². The fraction of sp³-hybridized carbons (Fsp3) is 0.185. The highest BCUT2D eigenvalue weighted by Crippen LogP contribution is 2.29. The number of rotatable bonds is 2. The van der Waals surface area contributed by atoms with Crippen molar-refractivity contribution in [3.05, 3.63) is 101 Å². The van der Waals surface area contributed by atoms with E-state index >= 15 is 0 Å². The van der Waals surface area contributed by atoms with Crippen molar-refractivity contribution >= 4 is 16.8 Å². The van der Waals surface area contributed by atoms with E-state index in [1.165, 1.54) is 16.7 Å². The van der Waals surface area contributed by atoms with Gasteiger partial charge in [-0.15, -0.1) is 0 Å². The van der Waals surface area contributed by atoms with E-state index in [2.05, 4.69) is 50.2 Å². The van der Waals surface area contributed by atoms with Gasteiger partial charge < -0.3 is 4.90 Å². The van der Waals surface area contributed by atoms with E-state index in [0.717, 1.165) is 46.3 Å². The second-order valence-corrected chi connectivity index (χ2v) is 8.14. The monoisotopic (exact) mass is 392 g/mol. The summed E-state index contributed by atoms with van der Waals surface area (Å²) in [5.74, 6) is 0.0784. The molecule has 0 unspecified atom stereocenters. The first-order valence-electron chi connectivity index (χ1n) is 10.4. The molecule has 30 heavy (non-hydrogen) atoms. The van der Waals surface area contributed by atoms with Crippen molar-refractivity contribution in [1.29, 1.82) is 0 Å².